The second kappa shape index (κ2) is 7.63. The summed E-state index contributed by atoms with van der Waals surface area (Å²) in [5, 5.41) is 6.44. The summed E-state index contributed by atoms with van der Waals surface area (Å²) < 4.78 is 0. The van der Waals surface area contributed by atoms with Crippen molar-refractivity contribution in [2.45, 2.75) is 18.9 Å². The Morgan fingerprint density at radius 2 is 1.93 bits per heavy atom. The van der Waals surface area contributed by atoms with Crippen molar-refractivity contribution in [3.05, 3.63) is 35.5 Å². The molecule has 2 aliphatic rings. The van der Waals surface area contributed by atoms with Crippen LogP contribution in [0.25, 0.3) is 10.9 Å². The van der Waals surface area contributed by atoms with Crippen molar-refractivity contribution in [2.75, 3.05) is 31.1 Å². The predicted molar refractivity (Wildman–Crippen MR) is 105 cm³/mol. The maximum absolute atomic E-state index is 12.8. The molecule has 9 heteroatoms. The summed E-state index contributed by atoms with van der Waals surface area (Å²) in [7, 11) is 0. The molecule has 1 unspecified atom stereocenters. The quantitative estimate of drug-likeness (QED) is 0.795. The maximum atomic E-state index is 12.8. The van der Waals surface area contributed by atoms with Crippen molar-refractivity contribution in [1.29, 1.82) is 0 Å². The lowest BCUT2D eigenvalue weighted by atomic mass is 10.1. The Morgan fingerprint density at radius 3 is 2.71 bits per heavy atom. The van der Waals surface area contributed by atoms with Gasteiger partial charge in [0.15, 0.2) is 0 Å². The summed E-state index contributed by atoms with van der Waals surface area (Å²) in [5.41, 5.74) is 1.90. The molecule has 0 spiro atoms. The molecule has 2 saturated heterocycles. The number of pyridine rings is 1. The number of hydrogen-bond acceptors (Lipinski definition) is 5. The summed E-state index contributed by atoms with van der Waals surface area (Å²) in [6.45, 7) is 2.44. The van der Waals surface area contributed by atoms with Gasteiger partial charge in [0.05, 0.1) is 5.52 Å². The fourth-order valence-corrected chi connectivity index (χ4v) is 3.85. The molecule has 8 nitrogen and oxygen atoms in total. The molecule has 2 aromatic rings. The van der Waals surface area contributed by atoms with Crippen LogP contribution in [0, 0.1) is 0 Å². The Morgan fingerprint density at radius 1 is 1.14 bits per heavy atom. The highest BCUT2D eigenvalue weighted by Gasteiger charge is 2.31. The lowest BCUT2D eigenvalue weighted by Gasteiger charge is -2.37. The molecule has 3 heterocycles. The zero-order chi connectivity index (χ0) is 19.7. The molecular formula is C19H20ClN5O3. The molecule has 2 N–H and O–H groups in total. The van der Waals surface area contributed by atoms with Gasteiger partial charge in [0.2, 0.25) is 11.8 Å². The van der Waals surface area contributed by atoms with Crippen molar-refractivity contribution >= 4 is 46.0 Å². The highest BCUT2D eigenvalue weighted by Crippen LogP contribution is 2.28. The molecule has 0 bridgehead atoms. The van der Waals surface area contributed by atoms with E-state index < -0.39 is 12.1 Å². The third-order valence-electron chi connectivity index (χ3n) is 5.13. The minimum atomic E-state index is -0.665. The van der Waals surface area contributed by atoms with Gasteiger partial charge < -0.3 is 15.1 Å². The largest absolute Gasteiger partial charge is 0.367 e. The molecule has 28 heavy (non-hydrogen) atoms. The normalized spacial score (nSPS) is 20.5. The monoisotopic (exact) mass is 401 g/mol. The van der Waals surface area contributed by atoms with Gasteiger partial charge in [0.1, 0.15) is 6.04 Å². The van der Waals surface area contributed by atoms with Crippen molar-refractivity contribution in [3.8, 4) is 0 Å². The van der Waals surface area contributed by atoms with Gasteiger partial charge in [-0.2, -0.15) is 0 Å². The molecule has 0 saturated carbocycles. The Kier molecular flexibility index (Phi) is 5.04. The standard InChI is InChI=1S/C19H20ClN5O3/c20-12-1-2-13-15(11-12)21-6-5-16(13)24-7-9-25(10-8-24)18(27)14-3-4-17(26)23-19(28)22-14/h1-2,5-6,11,14H,3-4,7-10H2,(H2,22,23,26,28). The number of rotatable bonds is 2. The number of carbonyl (C=O) groups excluding carboxylic acids is 3. The van der Waals surface area contributed by atoms with Gasteiger partial charge in [-0.25, -0.2) is 4.79 Å². The average Bonchev–Trinajstić information content (AvgIpc) is 2.87. The van der Waals surface area contributed by atoms with E-state index in [1.54, 1.807) is 11.1 Å². The first-order valence-electron chi connectivity index (χ1n) is 9.19. The lowest BCUT2D eigenvalue weighted by Crippen LogP contribution is -2.55. The second-order valence-corrected chi connectivity index (χ2v) is 7.35. The number of imide groups is 1. The number of nitrogens with zero attached hydrogens (tertiary/aromatic N) is 3. The van der Waals surface area contributed by atoms with Gasteiger partial charge in [0, 0.05) is 54.9 Å². The number of nitrogens with one attached hydrogen (secondary N) is 2. The molecule has 1 aromatic heterocycles. The number of benzene rings is 1. The van der Waals surface area contributed by atoms with E-state index in [9.17, 15) is 14.4 Å². The van der Waals surface area contributed by atoms with Crippen LogP contribution in [-0.2, 0) is 9.59 Å². The van der Waals surface area contributed by atoms with Crippen molar-refractivity contribution in [1.82, 2.24) is 20.5 Å². The summed E-state index contributed by atoms with van der Waals surface area (Å²) in [6, 6.07) is 6.34. The van der Waals surface area contributed by atoms with Crippen LogP contribution in [0.15, 0.2) is 30.5 Å². The summed E-state index contributed by atoms with van der Waals surface area (Å²) in [5.74, 6) is -0.502. The molecule has 2 fully saturated rings. The smallest absolute Gasteiger partial charge is 0.322 e. The Bertz CT molecular complexity index is 942. The second-order valence-electron chi connectivity index (χ2n) is 6.92. The number of amides is 4. The summed E-state index contributed by atoms with van der Waals surface area (Å²) >= 11 is 6.06. The van der Waals surface area contributed by atoms with Gasteiger partial charge in [0.25, 0.3) is 0 Å². The third-order valence-corrected chi connectivity index (χ3v) is 5.37. The molecule has 1 atom stereocenters. The zero-order valence-corrected chi connectivity index (χ0v) is 15.9. The van der Waals surface area contributed by atoms with Crippen molar-refractivity contribution in [2.24, 2.45) is 0 Å². The molecule has 2 aliphatic heterocycles. The van der Waals surface area contributed by atoms with Crippen LogP contribution < -0.4 is 15.5 Å². The van der Waals surface area contributed by atoms with Crippen LogP contribution in [0.5, 0.6) is 0 Å². The topological polar surface area (TPSA) is 94.6 Å². The highest BCUT2D eigenvalue weighted by molar-refractivity contribution is 6.31. The fourth-order valence-electron chi connectivity index (χ4n) is 3.69. The molecule has 1 aromatic carbocycles. The van der Waals surface area contributed by atoms with E-state index >= 15 is 0 Å². The van der Waals surface area contributed by atoms with E-state index in [4.69, 9.17) is 11.6 Å². The van der Waals surface area contributed by atoms with Gasteiger partial charge >= 0.3 is 6.03 Å². The van der Waals surface area contributed by atoms with Gasteiger partial charge in [-0.05, 0) is 30.7 Å². The van der Waals surface area contributed by atoms with E-state index in [-0.39, 0.29) is 18.2 Å². The minimum absolute atomic E-state index is 0.143. The Balaban J connectivity index is 1.44. The third kappa shape index (κ3) is 3.73. The number of carbonyl (C=O) groups is 3. The summed E-state index contributed by atoms with van der Waals surface area (Å²) in [6.07, 6.45) is 2.23. The maximum Gasteiger partial charge on any atom is 0.322 e. The molecule has 146 valence electrons. The molecule has 4 amide bonds. The van der Waals surface area contributed by atoms with E-state index in [1.165, 1.54) is 0 Å². The van der Waals surface area contributed by atoms with Crippen LogP contribution in [0.2, 0.25) is 5.02 Å². The number of halogens is 1. The molecule has 4 rings (SSSR count). The number of aromatic nitrogens is 1. The number of fused-ring (bicyclic) bond motifs is 1. The first-order chi connectivity index (χ1) is 13.5. The van der Waals surface area contributed by atoms with Crippen LogP contribution in [0.3, 0.4) is 0 Å². The summed E-state index contributed by atoms with van der Waals surface area (Å²) in [4.78, 5) is 44.2. The number of urea groups is 1. The van der Waals surface area contributed by atoms with Crippen LogP contribution in [0.4, 0.5) is 10.5 Å². The molecule has 0 aliphatic carbocycles. The van der Waals surface area contributed by atoms with Crippen LogP contribution in [-0.4, -0.2) is 60.0 Å². The van der Waals surface area contributed by atoms with E-state index in [0.29, 0.717) is 37.6 Å². The Labute approximate surface area is 166 Å². The van der Waals surface area contributed by atoms with Gasteiger partial charge in [-0.3, -0.25) is 19.9 Å². The highest BCUT2D eigenvalue weighted by atomic mass is 35.5. The van der Waals surface area contributed by atoms with E-state index in [0.717, 1.165) is 16.6 Å². The van der Waals surface area contributed by atoms with E-state index in [1.807, 2.05) is 24.3 Å². The van der Waals surface area contributed by atoms with Crippen LogP contribution in [0.1, 0.15) is 12.8 Å². The first-order valence-corrected chi connectivity index (χ1v) is 9.57. The number of anilines is 1. The van der Waals surface area contributed by atoms with Gasteiger partial charge in [-0.1, -0.05) is 11.6 Å². The predicted octanol–water partition coefficient (Wildman–Crippen LogP) is 1.52. The fraction of sp³-hybridized carbons (Fsp3) is 0.368. The van der Waals surface area contributed by atoms with Gasteiger partial charge in [-0.15, -0.1) is 0 Å². The van der Waals surface area contributed by atoms with Crippen molar-refractivity contribution < 1.29 is 14.4 Å². The zero-order valence-electron chi connectivity index (χ0n) is 15.2. The van der Waals surface area contributed by atoms with Crippen molar-refractivity contribution in [3.63, 3.8) is 0 Å². The number of hydrogen-bond donors (Lipinski definition) is 2. The van der Waals surface area contributed by atoms with Crippen LogP contribution >= 0.6 is 11.6 Å². The van der Waals surface area contributed by atoms with E-state index in [2.05, 4.69) is 20.5 Å². The lowest BCUT2D eigenvalue weighted by molar-refractivity contribution is -0.133. The SMILES string of the molecule is O=C1CCC(C(=O)N2CCN(c3ccnc4cc(Cl)ccc34)CC2)NC(=O)N1. The minimum Gasteiger partial charge on any atom is -0.367 e. The molecular weight excluding hydrogens is 382 g/mol. The average molecular weight is 402 g/mol. The number of piperazine rings is 1. The molecule has 0 radical (unpaired) electrons. The Hall–Kier alpha value is -2.87. The first kappa shape index (κ1) is 18.5.